The summed E-state index contributed by atoms with van der Waals surface area (Å²) in [6.07, 6.45) is 5.03. The largest absolute Gasteiger partial charge is 0.370 e. The molecule has 1 saturated heterocycles. The Labute approximate surface area is 158 Å². The second kappa shape index (κ2) is 12.5. The Hall–Kier alpha value is -1.79. The summed E-state index contributed by atoms with van der Waals surface area (Å²) >= 11 is 0. The monoisotopic (exact) mass is 367 g/mol. The van der Waals surface area contributed by atoms with E-state index in [2.05, 4.69) is 31.1 Å². The van der Waals surface area contributed by atoms with E-state index in [1.807, 2.05) is 9.80 Å². The molecule has 0 bridgehead atoms. The molecule has 1 heterocycles. The van der Waals surface area contributed by atoms with Crippen LogP contribution in [0.1, 0.15) is 59.3 Å². The van der Waals surface area contributed by atoms with Gasteiger partial charge in [0.25, 0.3) is 0 Å². The van der Waals surface area contributed by atoms with Gasteiger partial charge in [0, 0.05) is 52.1 Å². The van der Waals surface area contributed by atoms with Gasteiger partial charge in [-0.15, -0.1) is 0 Å². The number of hydrogen-bond donors (Lipinski definition) is 2. The van der Waals surface area contributed by atoms with Gasteiger partial charge in [0.1, 0.15) is 0 Å². The Morgan fingerprint density at radius 1 is 1.04 bits per heavy atom. The van der Waals surface area contributed by atoms with Crippen molar-refractivity contribution < 1.29 is 9.59 Å². The van der Waals surface area contributed by atoms with Crippen LogP contribution >= 0.6 is 0 Å². The van der Waals surface area contributed by atoms with Gasteiger partial charge in [0.2, 0.25) is 11.8 Å². The summed E-state index contributed by atoms with van der Waals surface area (Å²) < 4.78 is 0. The smallest absolute Gasteiger partial charge is 0.222 e. The summed E-state index contributed by atoms with van der Waals surface area (Å²) in [7, 11) is 0. The summed E-state index contributed by atoms with van der Waals surface area (Å²) in [4.78, 5) is 32.3. The number of carbonyl (C=O) groups is 2. The van der Waals surface area contributed by atoms with E-state index in [0.717, 1.165) is 38.8 Å². The molecule has 150 valence electrons. The lowest BCUT2D eigenvalue weighted by molar-refractivity contribution is -0.140. The zero-order valence-corrected chi connectivity index (χ0v) is 16.8. The molecule has 26 heavy (non-hydrogen) atoms. The maximum absolute atomic E-state index is 12.3. The van der Waals surface area contributed by atoms with Crippen molar-refractivity contribution >= 4 is 17.8 Å². The van der Waals surface area contributed by atoms with Crippen LogP contribution in [0, 0.1) is 5.92 Å². The van der Waals surface area contributed by atoms with Crippen LogP contribution in [0.15, 0.2) is 4.99 Å². The summed E-state index contributed by atoms with van der Waals surface area (Å²) in [6.45, 7) is 10.4. The van der Waals surface area contributed by atoms with Gasteiger partial charge in [0.15, 0.2) is 5.96 Å². The third kappa shape index (κ3) is 9.06. The van der Waals surface area contributed by atoms with Gasteiger partial charge in [-0.05, 0) is 25.2 Å². The minimum Gasteiger partial charge on any atom is -0.370 e. The highest BCUT2D eigenvalue weighted by atomic mass is 16.2. The number of rotatable bonds is 10. The molecule has 0 aromatic carbocycles. The Balaban J connectivity index is 2.11. The number of nitrogens with one attached hydrogen (secondary N) is 1. The Kier molecular flexibility index (Phi) is 10.7. The highest BCUT2D eigenvalue weighted by Crippen LogP contribution is 2.10. The molecule has 0 aliphatic carbocycles. The number of unbranched alkanes of at least 4 members (excludes halogenated alkanes) is 2. The zero-order chi connectivity index (χ0) is 19.4. The normalized spacial score (nSPS) is 15.5. The number of nitrogens with two attached hydrogens (primary N) is 1. The van der Waals surface area contributed by atoms with Crippen molar-refractivity contribution in [1.29, 1.82) is 0 Å². The topological polar surface area (TPSA) is 91.0 Å². The average molecular weight is 368 g/mol. The first-order valence-corrected chi connectivity index (χ1v) is 10.0. The van der Waals surface area contributed by atoms with E-state index in [1.54, 1.807) is 0 Å². The van der Waals surface area contributed by atoms with Crippen LogP contribution in [-0.4, -0.2) is 66.8 Å². The van der Waals surface area contributed by atoms with Crippen LogP contribution in [0.25, 0.3) is 0 Å². The van der Waals surface area contributed by atoms with E-state index in [1.165, 1.54) is 0 Å². The van der Waals surface area contributed by atoms with Gasteiger partial charge in [-0.3, -0.25) is 14.6 Å². The second-order valence-corrected chi connectivity index (χ2v) is 7.36. The molecule has 0 spiro atoms. The van der Waals surface area contributed by atoms with Crippen molar-refractivity contribution in [2.24, 2.45) is 16.6 Å². The lowest BCUT2D eigenvalue weighted by Crippen LogP contribution is -2.50. The molecule has 0 unspecified atom stereocenters. The Morgan fingerprint density at radius 2 is 1.65 bits per heavy atom. The molecule has 0 radical (unpaired) electrons. The summed E-state index contributed by atoms with van der Waals surface area (Å²) in [5.41, 5.74) is 5.73. The van der Waals surface area contributed by atoms with Crippen molar-refractivity contribution in [3.63, 3.8) is 0 Å². The van der Waals surface area contributed by atoms with E-state index in [-0.39, 0.29) is 11.8 Å². The van der Waals surface area contributed by atoms with Crippen LogP contribution in [0.2, 0.25) is 0 Å². The number of hydrogen-bond acceptors (Lipinski definition) is 3. The van der Waals surface area contributed by atoms with Gasteiger partial charge >= 0.3 is 0 Å². The quantitative estimate of drug-likeness (QED) is 0.348. The van der Waals surface area contributed by atoms with Gasteiger partial charge in [-0.25, -0.2) is 0 Å². The molecular weight excluding hydrogens is 330 g/mol. The van der Waals surface area contributed by atoms with Gasteiger partial charge in [-0.2, -0.15) is 0 Å². The fourth-order valence-electron chi connectivity index (χ4n) is 2.92. The third-order valence-electron chi connectivity index (χ3n) is 4.45. The number of carbonyl (C=O) groups excluding carboxylic acids is 2. The van der Waals surface area contributed by atoms with Crippen molar-refractivity contribution in [3.8, 4) is 0 Å². The first kappa shape index (κ1) is 22.3. The summed E-state index contributed by atoms with van der Waals surface area (Å²) in [5.74, 6) is 1.30. The minimum absolute atomic E-state index is 0.206. The Bertz CT molecular complexity index is 457. The van der Waals surface area contributed by atoms with Crippen molar-refractivity contribution in [2.75, 3.05) is 39.3 Å². The van der Waals surface area contributed by atoms with Gasteiger partial charge in [-0.1, -0.05) is 27.2 Å². The molecule has 1 aliphatic heterocycles. The number of piperazine rings is 1. The van der Waals surface area contributed by atoms with Crippen LogP contribution in [-0.2, 0) is 9.59 Å². The third-order valence-corrected chi connectivity index (χ3v) is 4.45. The molecule has 0 aromatic heterocycles. The first-order valence-electron chi connectivity index (χ1n) is 10.0. The van der Waals surface area contributed by atoms with Crippen molar-refractivity contribution in [1.82, 2.24) is 15.1 Å². The highest BCUT2D eigenvalue weighted by molar-refractivity contribution is 5.78. The van der Waals surface area contributed by atoms with Crippen molar-refractivity contribution in [2.45, 2.75) is 59.3 Å². The molecular formula is C19H37N5O2. The molecule has 7 nitrogen and oxygen atoms in total. The number of aliphatic imine (C=N–C) groups is 1. The minimum atomic E-state index is 0.206. The van der Waals surface area contributed by atoms with Crippen molar-refractivity contribution in [3.05, 3.63) is 0 Å². The number of nitrogens with zero attached hydrogens (tertiary/aromatic N) is 3. The van der Waals surface area contributed by atoms with E-state index < -0.39 is 0 Å². The lowest BCUT2D eigenvalue weighted by Gasteiger charge is -2.35. The first-order chi connectivity index (χ1) is 12.4. The fraction of sp³-hybridized carbons (Fsp3) is 0.842. The molecule has 1 rings (SSSR count). The summed E-state index contributed by atoms with van der Waals surface area (Å²) in [6, 6.07) is 0. The fourth-order valence-corrected chi connectivity index (χ4v) is 2.92. The molecule has 1 fully saturated rings. The second-order valence-electron chi connectivity index (χ2n) is 7.36. The van der Waals surface area contributed by atoms with Crippen LogP contribution in [0.5, 0.6) is 0 Å². The number of guanidine groups is 1. The molecule has 3 N–H and O–H groups in total. The molecule has 0 saturated carbocycles. The summed E-state index contributed by atoms with van der Waals surface area (Å²) in [5, 5.41) is 3.09. The number of amides is 2. The predicted molar refractivity (Wildman–Crippen MR) is 106 cm³/mol. The molecule has 0 atom stereocenters. The van der Waals surface area contributed by atoms with E-state index in [4.69, 9.17) is 5.73 Å². The van der Waals surface area contributed by atoms with Gasteiger partial charge in [0.05, 0.1) is 0 Å². The van der Waals surface area contributed by atoms with Crippen LogP contribution in [0.4, 0.5) is 0 Å². The van der Waals surface area contributed by atoms with E-state index >= 15 is 0 Å². The maximum Gasteiger partial charge on any atom is 0.222 e. The maximum atomic E-state index is 12.3. The van der Waals surface area contributed by atoms with Crippen LogP contribution < -0.4 is 11.1 Å². The SMILES string of the molecule is CCCN=C(N)NCCCCCC(=O)N1CCN(C(=O)CC(C)C)CC1. The zero-order valence-electron chi connectivity index (χ0n) is 16.8. The Morgan fingerprint density at radius 3 is 2.23 bits per heavy atom. The molecule has 0 aromatic rings. The average Bonchev–Trinajstić information content (AvgIpc) is 2.62. The molecule has 7 heteroatoms. The van der Waals surface area contributed by atoms with E-state index in [0.29, 0.717) is 50.9 Å². The predicted octanol–water partition coefficient (Wildman–Crippen LogP) is 1.58. The standard InChI is InChI=1S/C19H37N5O2/c1-4-9-21-19(20)22-10-7-5-6-8-17(25)23-11-13-24(14-12-23)18(26)15-16(2)3/h16H,4-15H2,1-3H3,(H3,20,21,22). The molecule has 1 aliphatic rings. The lowest BCUT2D eigenvalue weighted by atomic mass is 10.1. The van der Waals surface area contributed by atoms with Crippen LogP contribution in [0.3, 0.4) is 0 Å². The van der Waals surface area contributed by atoms with Gasteiger partial charge < -0.3 is 20.9 Å². The van der Waals surface area contributed by atoms with E-state index in [9.17, 15) is 9.59 Å². The molecule has 2 amide bonds. The highest BCUT2D eigenvalue weighted by Gasteiger charge is 2.23.